The van der Waals surface area contributed by atoms with E-state index in [1.54, 1.807) is 0 Å². The Kier molecular flexibility index (Phi) is 7.98. The molecule has 1 aromatic rings. The predicted molar refractivity (Wildman–Crippen MR) is 93.5 cm³/mol. The van der Waals surface area contributed by atoms with Crippen molar-refractivity contribution in [3.8, 4) is 0 Å². The monoisotopic (exact) mass is 290 g/mol. The molecule has 1 rings (SSSR count). The van der Waals surface area contributed by atoms with Crippen LogP contribution in [0.4, 0.5) is 0 Å². The van der Waals surface area contributed by atoms with Gasteiger partial charge in [-0.1, -0.05) is 64.8 Å². The molecule has 2 heteroatoms. The summed E-state index contributed by atoms with van der Waals surface area (Å²) in [6.07, 6.45) is 3.50. The van der Waals surface area contributed by atoms with E-state index >= 15 is 0 Å². The second-order valence-electron chi connectivity index (χ2n) is 6.14. The Morgan fingerprint density at radius 1 is 1.00 bits per heavy atom. The lowest BCUT2D eigenvalue weighted by molar-refractivity contribution is 0.147. The normalized spacial score (nSPS) is 14.7. The largest absolute Gasteiger partial charge is 0.326 e. The average molecular weight is 290 g/mol. The number of likely N-dealkylation sites (N-methyl/N-ethyl adjacent to an activating group) is 1. The summed E-state index contributed by atoms with van der Waals surface area (Å²) >= 11 is 0. The zero-order chi connectivity index (χ0) is 15.8. The highest BCUT2D eigenvalue weighted by molar-refractivity contribution is 5.30. The van der Waals surface area contributed by atoms with Gasteiger partial charge in [-0.05, 0) is 36.9 Å². The molecule has 2 nitrogen and oxygen atoms in total. The minimum Gasteiger partial charge on any atom is -0.326 e. The first-order chi connectivity index (χ1) is 10.1. The van der Waals surface area contributed by atoms with Gasteiger partial charge < -0.3 is 5.73 Å². The molecule has 120 valence electrons. The van der Waals surface area contributed by atoms with E-state index in [2.05, 4.69) is 63.8 Å². The van der Waals surface area contributed by atoms with E-state index in [4.69, 9.17) is 5.73 Å². The molecule has 0 aromatic heterocycles. The Morgan fingerprint density at radius 3 is 2.10 bits per heavy atom. The van der Waals surface area contributed by atoms with Crippen molar-refractivity contribution in [2.75, 3.05) is 13.1 Å². The maximum absolute atomic E-state index is 6.51. The Labute approximate surface area is 131 Å². The third-order valence-corrected chi connectivity index (χ3v) is 4.83. The molecule has 0 aliphatic rings. The van der Waals surface area contributed by atoms with Gasteiger partial charge in [0.05, 0.1) is 6.04 Å². The molecule has 0 amide bonds. The molecule has 0 fully saturated rings. The molecule has 2 N–H and O–H groups in total. The van der Waals surface area contributed by atoms with E-state index in [1.807, 2.05) is 0 Å². The summed E-state index contributed by atoms with van der Waals surface area (Å²) in [6, 6.07) is 9.25. The lowest BCUT2D eigenvalue weighted by atomic mass is 9.91. The zero-order valence-electron chi connectivity index (χ0n) is 14.6. The summed E-state index contributed by atoms with van der Waals surface area (Å²) in [5.41, 5.74) is 9.27. The van der Waals surface area contributed by atoms with Gasteiger partial charge in [0.15, 0.2) is 0 Å². The van der Waals surface area contributed by atoms with Crippen LogP contribution in [0, 0.1) is 12.8 Å². The molecular formula is C19H34N2. The Hall–Kier alpha value is -0.860. The van der Waals surface area contributed by atoms with Crippen molar-refractivity contribution in [1.82, 2.24) is 4.90 Å². The van der Waals surface area contributed by atoms with Gasteiger partial charge in [0, 0.05) is 12.6 Å². The van der Waals surface area contributed by atoms with E-state index < -0.39 is 0 Å². The molecule has 0 aliphatic heterocycles. The van der Waals surface area contributed by atoms with E-state index in [1.165, 1.54) is 24.0 Å². The van der Waals surface area contributed by atoms with E-state index in [-0.39, 0.29) is 6.04 Å². The first kappa shape index (κ1) is 18.2. The fourth-order valence-electron chi connectivity index (χ4n) is 3.16. The predicted octanol–water partition coefficient (Wildman–Crippen LogP) is 4.53. The number of hydrogen-bond acceptors (Lipinski definition) is 2. The van der Waals surface area contributed by atoms with Crippen molar-refractivity contribution in [3.05, 3.63) is 35.4 Å². The maximum Gasteiger partial charge on any atom is 0.0501 e. The summed E-state index contributed by atoms with van der Waals surface area (Å²) in [6.45, 7) is 13.5. The second kappa shape index (κ2) is 9.22. The Bertz CT molecular complexity index is 398. The van der Waals surface area contributed by atoms with Crippen LogP contribution in [0.1, 0.15) is 64.1 Å². The van der Waals surface area contributed by atoms with Crippen LogP contribution in [0.2, 0.25) is 0 Å². The van der Waals surface area contributed by atoms with Crippen molar-refractivity contribution < 1.29 is 0 Å². The number of benzene rings is 1. The molecule has 0 saturated heterocycles. The molecule has 0 radical (unpaired) electrons. The molecule has 0 heterocycles. The minimum absolute atomic E-state index is 0.195. The van der Waals surface area contributed by atoms with Crippen LogP contribution in [0.3, 0.4) is 0 Å². The summed E-state index contributed by atoms with van der Waals surface area (Å²) in [4.78, 5) is 2.59. The van der Waals surface area contributed by atoms with E-state index in [9.17, 15) is 0 Å². The van der Waals surface area contributed by atoms with Gasteiger partial charge in [-0.2, -0.15) is 0 Å². The maximum atomic E-state index is 6.51. The van der Waals surface area contributed by atoms with Gasteiger partial charge in [0.2, 0.25) is 0 Å². The van der Waals surface area contributed by atoms with Crippen molar-refractivity contribution in [2.45, 2.75) is 66.0 Å². The molecule has 0 saturated carbocycles. The zero-order valence-corrected chi connectivity index (χ0v) is 14.6. The van der Waals surface area contributed by atoms with Crippen molar-refractivity contribution in [1.29, 1.82) is 0 Å². The van der Waals surface area contributed by atoms with E-state index in [0.717, 1.165) is 25.4 Å². The van der Waals surface area contributed by atoms with Crippen molar-refractivity contribution in [2.24, 2.45) is 11.7 Å². The average Bonchev–Trinajstić information content (AvgIpc) is 2.52. The molecule has 21 heavy (non-hydrogen) atoms. The second-order valence-corrected chi connectivity index (χ2v) is 6.14. The summed E-state index contributed by atoms with van der Waals surface area (Å²) in [5, 5.41) is 0. The van der Waals surface area contributed by atoms with Gasteiger partial charge in [0.25, 0.3) is 0 Å². The lowest BCUT2D eigenvalue weighted by Gasteiger charge is -2.37. The highest BCUT2D eigenvalue weighted by Crippen LogP contribution is 2.29. The lowest BCUT2D eigenvalue weighted by Crippen LogP contribution is -2.43. The van der Waals surface area contributed by atoms with Gasteiger partial charge in [0.1, 0.15) is 0 Å². The highest BCUT2D eigenvalue weighted by atomic mass is 15.2. The summed E-state index contributed by atoms with van der Waals surface area (Å²) in [7, 11) is 0. The van der Waals surface area contributed by atoms with Crippen LogP contribution >= 0.6 is 0 Å². The third-order valence-electron chi connectivity index (χ3n) is 4.83. The van der Waals surface area contributed by atoms with Crippen LogP contribution in [0.25, 0.3) is 0 Å². The van der Waals surface area contributed by atoms with Gasteiger partial charge in [-0.25, -0.2) is 0 Å². The number of nitrogens with two attached hydrogens (primary N) is 1. The molecule has 0 bridgehead atoms. The van der Waals surface area contributed by atoms with Crippen LogP contribution < -0.4 is 5.73 Å². The third kappa shape index (κ3) is 4.82. The molecule has 2 unspecified atom stereocenters. The van der Waals surface area contributed by atoms with E-state index in [0.29, 0.717) is 6.04 Å². The molecule has 0 aliphatic carbocycles. The minimum atomic E-state index is 0.195. The van der Waals surface area contributed by atoms with Gasteiger partial charge in [-0.15, -0.1) is 0 Å². The van der Waals surface area contributed by atoms with Crippen LogP contribution in [0.15, 0.2) is 24.3 Å². The fourth-order valence-corrected chi connectivity index (χ4v) is 3.16. The highest BCUT2D eigenvalue weighted by Gasteiger charge is 2.27. The quantitative estimate of drug-likeness (QED) is 0.724. The molecule has 1 aromatic carbocycles. The first-order valence-corrected chi connectivity index (χ1v) is 8.63. The number of hydrogen-bond donors (Lipinski definition) is 1. The summed E-state index contributed by atoms with van der Waals surface area (Å²) < 4.78 is 0. The molecular weight excluding hydrogens is 256 g/mol. The van der Waals surface area contributed by atoms with Crippen LogP contribution in [-0.2, 0) is 0 Å². The Balaban J connectivity index is 3.08. The molecule has 0 spiro atoms. The molecule has 2 atom stereocenters. The number of nitrogens with zero attached hydrogens (tertiary/aromatic N) is 1. The summed E-state index contributed by atoms with van der Waals surface area (Å²) in [5.74, 6) is 0.764. The van der Waals surface area contributed by atoms with Crippen molar-refractivity contribution >= 4 is 0 Å². The van der Waals surface area contributed by atoms with Crippen molar-refractivity contribution in [3.63, 3.8) is 0 Å². The first-order valence-electron chi connectivity index (χ1n) is 8.63. The topological polar surface area (TPSA) is 29.3 Å². The van der Waals surface area contributed by atoms with Gasteiger partial charge >= 0.3 is 0 Å². The Morgan fingerprint density at radius 2 is 1.62 bits per heavy atom. The smallest absolute Gasteiger partial charge is 0.0501 e. The fraction of sp³-hybridized carbons (Fsp3) is 0.684. The standard InChI is InChI=1S/C19H34N2/c1-6-16(7-2)14-21(9-4)19(18(20)8-3)17-13-11-10-12-15(17)5/h10-13,16,18-19H,6-9,14,20H2,1-5H3. The number of rotatable bonds is 9. The SMILES string of the molecule is CCC(CC)CN(CC)C(c1ccccc1C)C(N)CC. The van der Waals surface area contributed by atoms with Crippen LogP contribution in [-0.4, -0.2) is 24.0 Å². The number of aryl methyl sites for hydroxylation is 1. The van der Waals surface area contributed by atoms with Gasteiger partial charge in [-0.3, -0.25) is 4.90 Å². The van der Waals surface area contributed by atoms with Crippen LogP contribution in [0.5, 0.6) is 0 Å².